The zero-order chi connectivity index (χ0) is 16.7. The van der Waals surface area contributed by atoms with Crippen LogP contribution in [-0.2, 0) is 19.1 Å². The Balaban J connectivity index is 1.63. The summed E-state index contributed by atoms with van der Waals surface area (Å²) in [5.41, 5.74) is 2.33. The fourth-order valence-electron chi connectivity index (χ4n) is 2.37. The second-order valence-electron chi connectivity index (χ2n) is 5.66. The van der Waals surface area contributed by atoms with E-state index in [2.05, 4.69) is 11.4 Å². The van der Waals surface area contributed by atoms with Gasteiger partial charge in [-0.3, -0.25) is 9.59 Å². The number of hydrogen-bond acceptors (Lipinski definition) is 5. The molecule has 1 heterocycles. The molecule has 1 aromatic rings. The number of thioether (sulfide) groups is 1. The fraction of sp³-hybridized carbons (Fsp3) is 0.529. The van der Waals surface area contributed by atoms with Crippen LogP contribution in [0.4, 0.5) is 0 Å². The molecule has 0 aliphatic carbocycles. The molecule has 23 heavy (non-hydrogen) atoms. The average molecular weight is 337 g/mol. The first-order valence-electron chi connectivity index (χ1n) is 7.78. The number of carbonyl (C=O) groups excluding carboxylic acids is 2. The van der Waals surface area contributed by atoms with E-state index in [1.165, 1.54) is 17.3 Å². The van der Waals surface area contributed by atoms with E-state index in [9.17, 15) is 9.59 Å². The molecule has 0 radical (unpaired) electrons. The first-order valence-corrected chi connectivity index (χ1v) is 8.77. The van der Waals surface area contributed by atoms with E-state index in [1.807, 2.05) is 26.0 Å². The van der Waals surface area contributed by atoms with Gasteiger partial charge in [-0.15, -0.1) is 11.8 Å². The van der Waals surface area contributed by atoms with Crippen molar-refractivity contribution in [3.8, 4) is 0 Å². The number of nitrogens with one attached hydrogen (secondary N) is 1. The highest BCUT2D eigenvalue weighted by Gasteiger charge is 2.16. The Morgan fingerprint density at radius 2 is 2.22 bits per heavy atom. The highest BCUT2D eigenvalue weighted by atomic mass is 32.2. The minimum absolute atomic E-state index is 0.0923. The lowest BCUT2D eigenvalue weighted by atomic mass is 10.2. The Hall–Kier alpha value is -1.53. The number of esters is 1. The molecule has 0 aromatic heterocycles. The van der Waals surface area contributed by atoms with Gasteiger partial charge in [0, 0.05) is 18.0 Å². The number of aryl methyl sites for hydroxylation is 2. The molecular formula is C17H23NO4S. The molecule has 1 amide bonds. The molecule has 1 aliphatic heterocycles. The predicted molar refractivity (Wildman–Crippen MR) is 89.6 cm³/mol. The number of ether oxygens (including phenoxy) is 2. The van der Waals surface area contributed by atoms with E-state index >= 15 is 0 Å². The Labute approximate surface area is 141 Å². The lowest BCUT2D eigenvalue weighted by Crippen LogP contribution is -2.35. The van der Waals surface area contributed by atoms with Gasteiger partial charge in [0.2, 0.25) is 0 Å². The number of carbonyl (C=O) groups is 2. The van der Waals surface area contributed by atoms with Crippen LogP contribution in [0.15, 0.2) is 23.1 Å². The minimum atomic E-state index is -0.387. The molecule has 2 rings (SSSR count). The molecule has 1 atom stereocenters. The second kappa shape index (κ2) is 8.93. The van der Waals surface area contributed by atoms with E-state index in [-0.39, 0.29) is 30.3 Å². The molecule has 0 unspecified atom stereocenters. The SMILES string of the molecule is Cc1ccc(SCC(=O)OCC(=O)NC[C@H]2CCCO2)c(C)c1. The van der Waals surface area contributed by atoms with Crippen molar-refractivity contribution in [1.82, 2.24) is 5.32 Å². The number of amides is 1. The number of benzene rings is 1. The van der Waals surface area contributed by atoms with E-state index in [0.717, 1.165) is 29.9 Å². The summed E-state index contributed by atoms with van der Waals surface area (Å²) in [6, 6.07) is 6.09. The van der Waals surface area contributed by atoms with Crippen LogP contribution in [-0.4, -0.2) is 43.5 Å². The molecular weight excluding hydrogens is 314 g/mol. The maximum atomic E-state index is 11.7. The molecule has 5 nitrogen and oxygen atoms in total. The summed E-state index contributed by atoms with van der Waals surface area (Å²) in [7, 11) is 0. The maximum Gasteiger partial charge on any atom is 0.316 e. The monoisotopic (exact) mass is 337 g/mol. The fourth-order valence-corrected chi connectivity index (χ4v) is 3.18. The first kappa shape index (κ1) is 17.8. The van der Waals surface area contributed by atoms with E-state index in [4.69, 9.17) is 9.47 Å². The standard InChI is InChI=1S/C17H23NO4S/c1-12-5-6-15(13(2)8-12)23-11-17(20)22-10-16(19)18-9-14-4-3-7-21-14/h5-6,8,14H,3-4,7,9-11H2,1-2H3,(H,18,19)/t14-/m1/s1. The van der Waals surface area contributed by atoms with Crippen molar-refractivity contribution >= 4 is 23.6 Å². The van der Waals surface area contributed by atoms with Crippen LogP contribution in [0.25, 0.3) is 0 Å². The molecule has 1 N–H and O–H groups in total. The molecule has 1 fully saturated rings. The van der Waals surface area contributed by atoms with Crippen LogP contribution in [0.1, 0.15) is 24.0 Å². The van der Waals surface area contributed by atoms with Gasteiger partial charge in [0.05, 0.1) is 11.9 Å². The molecule has 126 valence electrons. The van der Waals surface area contributed by atoms with Crippen LogP contribution in [0, 0.1) is 13.8 Å². The van der Waals surface area contributed by atoms with E-state index in [1.54, 1.807) is 0 Å². The van der Waals surface area contributed by atoms with Gasteiger partial charge >= 0.3 is 5.97 Å². The van der Waals surface area contributed by atoms with Crippen molar-refractivity contribution in [3.05, 3.63) is 29.3 Å². The van der Waals surface area contributed by atoms with Gasteiger partial charge < -0.3 is 14.8 Å². The third-order valence-electron chi connectivity index (χ3n) is 3.59. The van der Waals surface area contributed by atoms with Gasteiger partial charge in [0.1, 0.15) is 0 Å². The Morgan fingerprint density at radius 1 is 1.39 bits per heavy atom. The third-order valence-corrected chi connectivity index (χ3v) is 4.74. The number of rotatable bonds is 7. The molecule has 1 saturated heterocycles. The van der Waals surface area contributed by atoms with Crippen LogP contribution in [0.2, 0.25) is 0 Å². The molecule has 0 bridgehead atoms. The molecule has 1 aliphatic rings. The Kier molecular flexibility index (Phi) is 6.92. The summed E-state index contributed by atoms with van der Waals surface area (Å²) < 4.78 is 10.4. The highest BCUT2D eigenvalue weighted by Crippen LogP contribution is 2.23. The molecule has 0 saturated carbocycles. The van der Waals surface area contributed by atoms with Gasteiger partial charge in [-0.05, 0) is 38.3 Å². The molecule has 0 spiro atoms. The van der Waals surface area contributed by atoms with Gasteiger partial charge in [0.25, 0.3) is 5.91 Å². The van der Waals surface area contributed by atoms with Gasteiger partial charge in [-0.25, -0.2) is 0 Å². The van der Waals surface area contributed by atoms with Gasteiger partial charge in [-0.1, -0.05) is 17.7 Å². The average Bonchev–Trinajstić information content (AvgIpc) is 3.03. The maximum absolute atomic E-state index is 11.7. The van der Waals surface area contributed by atoms with Crippen molar-refractivity contribution in [3.63, 3.8) is 0 Å². The van der Waals surface area contributed by atoms with Crippen molar-refractivity contribution < 1.29 is 19.1 Å². The Bertz CT molecular complexity index is 556. The highest BCUT2D eigenvalue weighted by molar-refractivity contribution is 8.00. The van der Waals surface area contributed by atoms with Crippen molar-refractivity contribution in [1.29, 1.82) is 0 Å². The summed E-state index contributed by atoms with van der Waals surface area (Å²) in [5.74, 6) is -0.476. The third kappa shape index (κ3) is 6.23. The second-order valence-corrected chi connectivity index (χ2v) is 6.67. The summed E-state index contributed by atoms with van der Waals surface area (Å²) in [6.07, 6.45) is 2.09. The van der Waals surface area contributed by atoms with Crippen molar-refractivity contribution in [2.24, 2.45) is 0 Å². The number of hydrogen-bond donors (Lipinski definition) is 1. The minimum Gasteiger partial charge on any atom is -0.455 e. The van der Waals surface area contributed by atoms with Gasteiger partial charge in [-0.2, -0.15) is 0 Å². The molecule has 6 heteroatoms. The summed E-state index contributed by atoms with van der Waals surface area (Å²) in [4.78, 5) is 24.4. The summed E-state index contributed by atoms with van der Waals surface area (Å²) in [5, 5.41) is 2.72. The lowest BCUT2D eigenvalue weighted by molar-refractivity contribution is -0.146. The normalized spacial score (nSPS) is 17.0. The lowest BCUT2D eigenvalue weighted by Gasteiger charge is -2.11. The van der Waals surface area contributed by atoms with Crippen molar-refractivity contribution in [2.45, 2.75) is 37.7 Å². The largest absolute Gasteiger partial charge is 0.455 e. The predicted octanol–water partition coefficient (Wildman–Crippen LogP) is 2.23. The van der Waals surface area contributed by atoms with Crippen LogP contribution >= 0.6 is 11.8 Å². The van der Waals surface area contributed by atoms with Crippen molar-refractivity contribution in [2.75, 3.05) is 25.5 Å². The smallest absolute Gasteiger partial charge is 0.316 e. The quantitative estimate of drug-likeness (QED) is 0.611. The van der Waals surface area contributed by atoms with Crippen LogP contribution in [0.5, 0.6) is 0 Å². The summed E-state index contributed by atoms with van der Waals surface area (Å²) >= 11 is 1.42. The summed E-state index contributed by atoms with van der Waals surface area (Å²) in [6.45, 7) is 5.04. The van der Waals surface area contributed by atoms with Crippen LogP contribution < -0.4 is 5.32 Å². The Morgan fingerprint density at radius 3 is 2.91 bits per heavy atom. The first-order chi connectivity index (χ1) is 11.0. The zero-order valence-electron chi connectivity index (χ0n) is 13.6. The van der Waals surface area contributed by atoms with Crippen LogP contribution in [0.3, 0.4) is 0 Å². The van der Waals surface area contributed by atoms with Gasteiger partial charge in [0.15, 0.2) is 6.61 Å². The topological polar surface area (TPSA) is 64.6 Å². The molecule has 1 aromatic carbocycles. The van der Waals surface area contributed by atoms with E-state index in [0.29, 0.717) is 6.54 Å². The zero-order valence-corrected chi connectivity index (χ0v) is 14.4. The van der Waals surface area contributed by atoms with E-state index < -0.39 is 0 Å².